The average Bonchev–Trinajstić information content (AvgIpc) is 2.15. The highest BCUT2D eigenvalue weighted by Gasteiger charge is 2.49. The molecule has 0 rings (SSSR count). The van der Waals surface area contributed by atoms with Crippen molar-refractivity contribution in [3.05, 3.63) is 0 Å². The van der Waals surface area contributed by atoms with Gasteiger partial charge in [-0.2, -0.15) is 0 Å². The van der Waals surface area contributed by atoms with Crippen molar-refractivity contribution < 1.29 is 4.12 Å². The molecule has 0 aromatic rings. The van der Waals surface area contributed by atoms with Gasteiger partial charge in [0.1, 0.15) is 0 Å². The number of nitrogens with one attached hydrogen (secondary N) is 2. The Labute approximate surface area is 110 Å². The second kappa shape index (κ2) is 5.13. The van der Waals surface area contributed by atoms with Crippen molar-refractivity contribution in [1.29, 1.82) is 0 Å². The van der Waals surface area contributed by atoms with E-state index in [1.165, 1.54) is 0 Å². The molecule has 104 valence electrons. The predicted molar refractivity (Wildman–Crippen MR) is 82.3 cm³/mol. The molecule has 0 spiro atoms. The first kappa shape index (κ1) is 17.3. The zero-order valence-electron chi connectivity index (χ0n) is 13.4. The average molecular weight is 277 g/mol. The summed E-state index contributed by atoms with van der Waals surface area (Å²) in [6.45, 7) is 18.2. The molecule has 0 aromatic heterocycles. The van der Waals surface area contributed by atoms with Crippen molar-refractivity contribution in [2.24, 2.45) is 0 Å². The predicted octanol–water partition coefficient (Wildman–Crippen LogP) is 2.49. The van der Waals surface area contributed by atoms with Crippen molar-refractivity contribution >= 4 is 16.6 Å². The number of hydrogen-bond acceptors (Lipinski definition) is 3. The van der Waals surface area contributed by atoms with Crippen LogP contribution in [-0.2, 0) is 4.12 Å². The van der Waals surface area contributed by atoms with E-state index in [9.17, 15) is 0 Å². The van der Waals surface area contributed by atoms with Crippen LogP contribution in [0.4, 0.5) is 0 Å². The van der Waals surface area contributed by atoms with Gasteiger partial charge in [0.05, 0.1) is 0 Å². The van der Waals surface area contributed by atoms with Crippen LogP contribution in [-0.4, -0.2) is 41.1 Å². The summed E-state index contributed by atoms with van der Waals surface area (Å²) in [5.41, 5.74) is 0. The van der Waals surface area contributed by atoms with Gasteiger partial charge in [-0.15, -0.1) is 0 Å². The lowest BCUT2D eigenvalue weighted by Crippen LogP contribution is -2.69. The van der Waals surface area contributed by atoms with Crippen LogP contribution in [0.3, 0.4) is 0 Å². The van der Waals surface area contributed by atoms with Gasteiger partial charge >= 0.3 is 0 Å². The highest BCUT2D eigenvalue weighted by atomic mass is 28.4. The highest BCUT2D eigenvalue weighted by Crippen LogP contribution is 2.30. The third-order valence-electron chi connectivity index (χ3n) is 4.77. The molecular formula is C12H32N2OSi2. The van der Waals surface area contributed by atoms with E-state index >= 15 is 0 Å². The Morgan fingerprint density at radius 1 is 0.706 bits per heavy atom. The lowest BCUT2D eigenvalue weighted by atomic mass is 10.4. The van der Waals surface area contributed by atoms with Crippen LogP contribution in [0, 0.1) is 0 Å². The lowest BCUT2D eigenvalue weighted by molar-refractivity contribution is 0.401. The summed E-state index contributed by atoms with van der Waals surface area (Å²) in [6.07, 6.45) is 0. The van der Waals surface area contributed by atoms with Crippen molar-refractivity contribution in [2.75, 3.05) is 14.1 Å². The van der Waals surface area contributed by atoms with Gasteiger partial charge in [0, 0.05) is 10.3 Å². The lowest BCUT2D eigenvalue weighted by Gasteiger charge is -2.49. The topological polar surface area (TPSA) is 33.3 Å². The van der Waals surface area contributed by atoms with E-state index in [2.05, 4.69) is 64.5 Å². The van der Waals surface area contributed by atoms with E-state index in [1.54, 1.807) is 0 Å². The fraction of sp³-hybridized carbons (Fsp3) is 1.00. The normalized spacial score (nSPS) is 15.2. The Balaban J connectivity index is 5.07. The molecule has 0 unspecified atom stereocenters. The smallest absolute Gasteiger partial charge is 0.193 e. The molecule has 5 heteroatoms. The maximum absolute atomic E-state index is 6.69. The number of hydrogen-bond donors (Lipinski definition) is 2. The van der Waals surface area contributed by atoms with Gasteiger partial charge in [-0.3, -0.25) is 0 Å². The molecule has 0 aromatic carbocycles. The van der Waals surface area contributed by atoms with Crippen molar-refractivity contribution in [1.82, 2.24) is 10.6 Å². The summed E-state index contributed by atoms with van der Waals surface area (Å²) in [6, 6.07) is 0. The van der Waals surface area contributed by atoms with E-state index in [-0.39, 0.29) is 10.3 Å². The first-order valence-electron chi connectivity index (χ1n) is 6.41. The monoisotopic (exact) mass is 276 g/mol. The zero-order valence-corrected chi connectivity index (χ0v) is 15.4. The summed E-state index contributed by atoms with van der Waals surface area (Å²) in [7, 11) is 0.484. The molecule has 3 nitrogen and oxygen atoms in total. The first-order valence-corrected chi connectivity index (χ1v) is 12.2. The van der Waals surface area contributed by atoms with E-state index in [0.29, 0.717) is 0 Å². The Morgan fingerprint density at radius 2 is 0.941 bits per heavy atom. The van der Waals surface area contributed by atoms with E-state index in [0.717, 1.165) is 0 Å². The van der Waals surface area contributed by atoms with Crippen LogP contribution in [0.15, 0.2) is 0 Å². The Hall–Kier alpha value is 0.314. The maximum atomic E-state index is 6.69. The molecule has 0 radical (unpaired) electrons. The minimum Gasteiger partial charge on any atom is -0.453 e. The second-order valence-corrected chi connectivity index (χ2v) is 16.2. The summed E-state index contributed by atoms with van der Waals surface area (Å²) < 4.78 is 6.69. The van der Waals surface area contributed by atoms with Crippen molar-refractivity contribution in [2.45, 2.75) is 64.2 Å². The Kier molecular flexibility index (Phi) is 5.22. The van der Waals surface area contributed by atoms with Gasteiger partial charge in [-0.1, -0.05) is 0 Å². The Bertz CT molecular complexity index is 237. The molecule has 0 amide bonds. The van der Waals surface area contributed by atoms with Crippen LogP contribution >= 0.6 is 0 Å². The summed E-state index contributed by atoms with van der Waals surface area (Å²) in [5.74, 6) is 0. The van der Waals surface area contributed by atoms with Gasteiger partial charge < -0.3 is 14.7 Å². The van der Waals surface area contributed by atoms with Crippen LogP contribution in [0.5, 0.6) is 0 Å². The van der Waals surface area contributed by atoms with Gasteiger partial charge in [-0.05, 0) is 68.0 Å². The standard InChI is InChI=1S/C12H32N2OSi2/c1-11(2,13-5)16(7,8)15-17(9,10)12(3,4)14-6/h13-14H,1-10H3. The van der Waals surface area contributed by atoms with Crippen LogP contribution in [0.2, 0.25) is 26.2 Å². The van der Waals surface area contributed by atoms with Crippen LogP contribution in [0.25, 0.3) is 0 Å². The SMILES string of the molecule is CNC(C)(C)[Si](C)(C)O[Si](C)(C)C(C)(C)NC. The molecular weight excluding hydrogens is 244 g/mol. The molecule has 0 fully saturated rings. The molecule has 17 heavy (non-hydrogen) atoms. The summed E-state index contributed by atoms with van der Waals surface area (Å²) >= 11 is 0. The minimum atomic E-state index is -1.78. The molecule has 0 bridgehead atoms. The van der Waals surface area contributed by atoms with Gasteiger partial charge in [0.25, 0.3) is 0 Å². The van der Waals surface area contributed by atoms with E-state index in [4.69, 9.17) is 4.12 Å². The van der Waals surface area contributed by atoms with Crippen LogP contribution < -0.4 is 10.6 Å². The van der Waals surface area contributed by atoms with Gasteiger partial charge in [-0.25, -0.2) is 0 Å². The maximum Gasteiger partial charge on any atom is 0.193 e. The zero-order chi connectivity index (χ0) is 14.1. The first-order chi connectivity index (χ1) is 7.33. The molecule has 0 heterocycles. The van der Waals surface area contributed by atoms with Crippen LogP contribution in [0.1, 0.15) is 27.7 Å². The largest absolute Gasteiger partial charge is 0.453 e. The fourth-order valence-electron chi connectivity index (χ4n) is 1.50. The van der Waals surface area contributed by atoms with E-state index < -0.39 is 16.6 Å². The van der Waals surface area contributed by atoms with Crippen molar-refractivity contribution in [3.8, 4) is 0 Å². The highest BCUT2D eigenvalue weighted by molar-refractivity contribution is 6.87. The molecule has 0 saturated heterocycles. The molecule has 0 aliphatic carbocycles. The summed E-state index contributed by atoms with van der Waals surface area (Å²) in [5, 5.41) is 6.99. The second-order valence-electron chi connectivity index (χ2n) is 6.87. The molecule has 0 aliphatic heterocycles. The quantitative estimate of drug-likeness (QED) is 0.731. The number of rotatable bonds is 6. The third kappa shape index (κ3) is 3.64. The third-order valence-corrected chi connectivity index (χ3v) is 15.4. The summed E-state index contributed by atoms with van der Waals surface area (Å²) in [4.78, 5) is 0. The van der Waals surface area contributed by atoms with Gasteiger partial charge in [0.2, 0.25) is 0 Å². The molecule has 0 saturated carbocycles. The Morgan fingerprint density at radius 3 is 1.12 bits per heavy atom. The molecule has 0 atom stereocenters. The fourth-order valence-corrected chi connectivity index (χ4v) is 9.84. The van der Waals surface area contributed by atoms with Gasteiger partial charge in [0.15, 0.2) is 16.6 Å². The minimum absolute atomic E-state index is 0.0844. The molecule has 2 N–H and O–H groups in total. The van der Waals surface area contributed by atoms with E-state index in [1.807, 2.05) is 14.1 Å². The molecule has 0 aliphatic rings. The van der Waals surface area contributed by atoms with Crippen molar-refractivity contribution in [3.63, 3.8) is 0 Å².